The van der Waals surface area contributed by atoms with Gasteiger partial charge in [-0.05, 0) is 37.8 Å². The Balaban J connectivity index is 2.25. The average Bonchev–Trinajstić information content (AvgIpc) is 2.12. The smallest absolute Gasteiger partial charge is 0.101 e. The molecular weight excluding hydrogens is 172 g/mol. The van der Waals surface area contributed by atoms with Crippen LogP contribution in [0.1, 0.15) is 30.4 Å². The normalized spacial score (nSPS) is 15.7. The van der Waals surface area contributed by atoms with Crippen molar-refractivity contribution < 1.29 is 0 Å². The van der Waals surface area contributed by atoms with Crippen LogP contribution in [0.25, 0.3) is 0 Å². The van der Waals surface area contributed by atoms with E-state index >= 15 is 0 Å². The molecule has 2 rings (SSSR count). The third-order valence-electron chi connectivity index (χ3n) is 2.85. The van der Waals surface area contributed by atoms with Crippen molar-refractivity contribution in [1.29, 1.82) is 5.26 Å². The molecule has 0 heterocycles. The first-order valence-electron chi connectivity index (χ1n) is 5.07. The number of aryl methyl sites for hydroxylation is 1. The summed E-state index contributed by atoms with van der Waals surface area (Å²) in [5.74, 6) is 0. The second-order valence-electron chi connectivity index (χ2n) is 3.88. The molecule has 0 bridgehead atoms. The molecule has 0 aromatic heterocycles. The van der Waals surface area contributed by atoms with Crippen LogP contribution in [0.2, 0.25) is 0 Å². The summed E-state index contributed by atoms with van der Waals surface area (Å²) in [4.78, 5) is 0. The van der Waals surface area contributed by atoms with Crippen molar-refractivity contribution in [3.8, 4) is 6.07 Å². The van der Waals surface area contributed by atoms with E-state index in [0.717, 1.165) is 16.8 Å². The van der Waals surface area contributed by atoms with Crippen LogP contribution in [0, 0.1) is 18.3 Å². The monoisotopic (exact) mass is 186 g/mol. The van der Waals surface area contributed by atoms with Crippen molar-refractivity contribution in [2.24, 2.45) is 0 Å². The van der Waals surface area contributed by atoms with Crippen LogP contribution in [-0.4, -0.2) is 6.04 Å². The number of para-hydroxylation sites is 1. The molecule has 72 valence electrons. The zero-order valence-corrected chi connectivity index (χ0v) is 8.38. The second kappa shape index (κ2) is 3.71. The number of nitrogens with zero attached hydrogens (tertiary/aromatic N) is 1. The van der Waals surface area contributed by atoms with Crippen molar-refractivity contribution in [1.82, 2.24) is 0 Å². The first-order chi connectivity index (χ1) is 6.81. The molecule has 1 aliphatic rings. The summed E-state index contributed by atoms with van der Waals surface area (Å²) in [6.45, 7) is 2.04. The largest absolute Gasteiger partial charge is 0.381 e. The minimum Gasteiger partial charge on any atom is -0.381 e. The minimum atomic E-state index is 0.586. The molecular formula is C12H14N2. The lowest BCUT2D eigenvalue weighted by Gasteiger charge is -2.28. The fourth-order valence-electron chi connectivity index (χ4n) is 1.71. The van der Waals surface area contributed by atoms with E-state index in [2.05, 4.69) is 11.4 Å². The van der Waals surface area contributed by atoms with Crippen LogP contribution in [0.4, 0.5) is 5.69 Å². The van der Waals surface area contributed by atoms with Gasteiger partial charge < -0.3 is 5.32 Å². The fourth-order valence-corrected chi connectivity index (χ4v) is 1.71. The summed E-state index contributed by atoms with van der Waals surface area (Å²) in [6, 6.07) is 8.66. The molecule has 0 unspecified atom stereocenters. The summed E-state index contributed by atoms with van der Waals surface area (Å²) < 4.78 is 0. The van der Waals surface area contributed by atoms with E-state index < -0.39 is 0 Å². The Hall–Kier alpha value is -1.49. The second-order valence-corrected chi connectivity index (χ2v) is 3.88. The standard InChI is InChI=1S/C12H14N2/c1-9-4-2-5-10(8-13)12(9)14-11-6-3-7-11/h2,4-5,11,14H,3,6-7H2,1H3. The zero-order chi connectivity index (χ0) is 9.97. The van der Waals surface area contributed by atoms with Crippen molar-refractivity contribution in [3.05, 3.63) is 29.3 Å². The quantitative estimate of drug-likeness (QED) is 0.770. The Bertz CT molecular complexity index is 372. The number of benzene rings is 1. The molecule has 1 aromatic rings. The van der Waals surface area contributed by atoms with E-state index in [0.29, 0.717) is 6.04 Å². The third-order valence-corrected chi connectivity index (χ3v) is 2.85. The molecule has 0 amide bonds. The predicted octanol–water partition coefficient (Wildman–Crippen LogP) is 2.83. The number of nitrogens with one attached hydrogen (secondary N) is 1. The van der Waals surface area contributed by atoms with Gasteiger partial charge in [-0.1, -0.05) is 12.1 Å². The van der Waals surface area contributed by atoms with Gasteiger partial charge in [0.15, 0.2) is 0 Å². The highest BCUT2D eigenvalue weighted by molar-refractivity contribution is 5.62. The van der Waals surface area contributed by atoms with E-state index in [9.17, 15) is 0 Å². The first kappa shape index (κ1) is 9.08. The van der Waals surface area contributed by atoms with E-state index in [-0.39, 0.29) is 0 Å². The Morgan fingerprint density at radius 1 is 1.43 bits per heavy atom. The maximum Gasteiger partial charge on any atom is 0.101 e. The van der Waals surface area contributed by atoms with Crippen LogP contribution >= 0.6 is 0 Å². The maximum absolute atomic E-state index is 8.96. The molecule has 14 heavy (non-hydrogen) atoms. The lowest BCUT2D eigenvalue weighted by atomic mass is 9.92. The Morgan fingerprint density at radius 3 is 2.79 bits per heavy atom. The molecule has 0 saturated heterocycles. The molecule has 0 aliphatic heterocycles. The lowest BCUT2D eigenvalue weighted by molar-refractivity contribution is 0.445. The van der Waals surface area contributed by atoms with Crippen molar-refractivity contribution in [2.45, 2.75) is 32.2 Å². The molecule has 0 radical (unpaired) electrons. The summed E-state index contributed by atoms with van der Waals surface area (Å²) >= 11 is 0. The number of rotatable bonds is 2. The molecule has 0 atom stereocenters. The molecule has 1 saturated carbocycles. The van der Waals surface area contributed by atoms with Crippen molar-refractivity contribution in [2.75, 3.05) is 5.32 Å². The average molecular weight is 186 g/mol. The van der Waals surface area contributed by atoms with E-state index in [4.69, 9.17) is 5.26 Å². The number of nitriles is 1. The Morgan fingerprint density at radius 2 is 2.21 bits per heavy atom. The molecule has 1 fully saturated rings. The van der Waals surface area contributed by atoms with E-state index in [1.165, 1.54) is 19.3 Å². The van der Waals surface area contributed by atoms with Gasteiger partial charge in [0.1, 0.15) is 6.07 Å². The van der Waals surface area contributed by atoms with Crippen molar-refractivity contribution >= 4 is 5.69 Å². The zero-order valence-electron chi connectivity index (χ0n) is 8.38. The maximum atomic E-state index is 8.96. The van der Waals surface area contributed by atoms with Gasteiger partial charge in [0.25, 0.3) is 0 Å². The highest BCUT2D eigenvalue weighted by Gasteiger charge is 2.18. The van der Waals surface area contributed by atoms with Crippen LogP contribution in [0.15, 0.2) is 18.2 Å². The molecule has 0 spiro atoms. The number of anilines is 1. The molecule has 1 aromatic carbocycles. The van der Waals surface area contributed by atoms with Crippen LogP contribution in [0.5, 0.6) is 0 Å². The van der Waals surface area contributed by atoms with E-state index in [1.54, 1.807) is 0 Å². The van der Waals surface area contributed by atoms with Crippen LogP contribution < -0.4 is 5.32 Å². The molecule has 2 heteroatoms. The summed E-state index contributed by atoms with van der Waals surface area (Å²) in [6.07, 6.45) is 3.78. The predicted molar refractivity (Wildman–Crippen MR) is 57.2 cm³/mol. The van der Waals surface area contributed by atoms with Gasteiger partial charge in [-0.2, -0.15) is 5.26 Å². The molecule has 1 aliphatic carbocycles. The Kier molecular flexibility index (Phi) is 2.41. The highest BCUT2D eigenvalue weighted by Crippen LogP contribution is 2.27. The van der Waals surface area contributed by atoms with Gasteiger partial charge in [-0.25, -0.2) is 0 Å². The Labute approximate surface area is 84.6 Å². The van der Waals surface area contributed by atoms with Gasteiger partial charge in [-0.3, -0.25) is 0 Å². The molecule has 1 N–H and O–H groups in total. The highest BCUT2D eigenvalue weighted by atomic mass is 14.9. The van der Waals surface area contributed by atoms with Gasteiger partial charge in [0, 0.05) is 6.04 Å². The fraction of sp³-hybridized carbons (Fsp3) is 0.417. The van der Waals surface area contributed by atoms with Gasteiger partial charge in [0.05, 0.1) is 11.3 Å². The SMILES string of the molecule is Cc1cccc(C#N)c1NC1CCC1. The number of hydrogen-bond acceptors (Lipinski definition) is 2. The first-order valence-corrected chi connectivity index (χ1v) is 5.07. The van der Waals surface area contributed by atoms with Gasteiger partial charge in [-0.15, -0.1) is 0 Å². The van der Waals surface area contributed by atoms with Crippen LogP contribution in [0.3, 0.4) is 0 Å². The van der Waals surface area contributed by atoms with Gasteiger partial charge in [0.2, 0.25) is 0 Å². The number of hydrogen-bond donors (Lipinski definition) is 1. The summed E-state index contributed by atoms with van der Waals surface area (Å²) in [5, 5.41) is 12.4. The van der Waals surface area contributed by atoms with Crippen LogP contribution in [-0.2, 0) is 0 Å². The topological polar surface area (TPSA) is 35.8 Å². The van der Waals surface area contributed by atoms with E-state index in [1.807, 2.05) is 25.1 Å². The summed E-state index contributed by atoms with van der Waals surface area (Å²) in [5.41, 5.74) is 2.95. The summed E-state index contributed by atoms with van der Waals surface area (Å²) in [7, 11) is 0. The van der Waals surface area contributed by atoms with Gasteiger partial charge >= 0.3 is 0 Å². The van der Waals surface area contributed by atoms with Crippen molar-refractivity contribution in [3.63, 3.8) is 0 Å². The molecule has 2 nitrogen and oxygen atoms in total. The third kappa shape index (κ3) is 1.58. The minimum absolute atomic E-state index is 0.586. The lowest BCUT2D eigenvalue weighted by Crippen LogP contribution is -2.27.